The number of ether oxygens (including phenoxy) is 2. The zero-order valence-corrected chi connectivity index (χ0v) is 13.4. The third-order valence-electron chi connectivity index (χ3n) is 3.15. The summed E-state index contributed by atoms with van der Waals surface area (Å²) in [5.41, 5.74) is 4.71. The van der Waals surface area contributed by atoms with Gasteiger partial charge in [0.05, 0.1) is 5.75 Å². The molecule has 2 amide bonds. The molecule has 1 aliphatic rings. The van der Waals surface area contributed by atoms with Crippen LogP contribution in [0, 0.1) is 0 Å². The summed E-state index contributed by atoms with van der Waals surface area (Å²) in [5, 5.41) is 0. The highest BCUT2D eigenvalue weighted by Gasteiger charge is 2.27. The monoisotopic (exact) mass is 345 g/mol. The standard InChI is InChI=1S/C16H15N3O4S/c20-15(10-24-11-5-7-17-8-6-11)18-19-16(21)14-9-22-12-3-1-2-4-13(12)23-14/h1-8,14H,9-10H2,(H,18,20)(H,19,21). The first-order chi connectivity index (χ1) is 11.7. The van der Waals surface area contributed by atoms with Gasteiger partial charge in [0.2, 0.25) is 12.0 Å². The van der Waals surface area contributed by atoms with E-state index < -0.39 is 12.0 Å². The van der Waals surface area contributed by atoms with Crippen molar-refractivity contribution in [3.05, 3.63) is 48.8 Å². The van der Waals surface area contributed by atoms with Crippen molar-refractivity contribution in [2.45, 2.75) is 11.0 Å². The molecule has 0 saturated heterocycles. The van der Waals surface area contributed by atoms with Crippen molar-refractivity contribution in [2.75, 3.05) is 12.4 Å². The van der Waals surface area contributed by atoms with Gasteiger partial charge in [-0.2, -0.15) is 0 Å². The minimum atomic E-state index is -0.812. The number of hydrogen-bond acceptors (Lipinski definition) is 6. The van der Waals surface area contributed by atoms with Gasteiger partial charge in [0.15, 0.2) is 11.5 Å². The predicted molar refractivity (Wildman–Crippen MR) is 87.6 cm³/mol. The summed E-state index contributed by atoms with van der Waals surface area (Å²) in [6, 6.07) is 10.7. The van der Waals surface area contributed by atoms with Crippen molar-refractivity contribution >= 4 is 23.6 Å². The lowest BCUT2D eigenvalue weighted by Crippen LogP contribution is -2.51. The van der Waals surface area contributed by atoms with Crippen LogP contribution < -0.4 is 20.3 Å². The van der Waals surface area contributed by atoms with Crippen LogP contribution in [0.5, 0.6) is 11.5 Å². The van der Waals surface area contributed by atoms with Crippen molar-refractivity contribution < 1.29 is 19.1 Å². The number of hydrogen-bond donors (Lipinski definition) is 2. The number of rotatable bonds is 4. The third-order valence-corrected chi connectivity index (χ3v) is 4.16. The van der Waals surface area contributed by atoms with Crippen molar-refractivity contribution in [1.82, 2.24) is 15.8 Å². The van der Waals surface area contributed by atoms with Gasteiger partial charge in [-0.1, -0.05) is 12.1 Å². The minimum Gasteiger partial charge on any atom is -0.485 e. The van der Waals surface area contributed by atoms with E-state index >= 15 is 0 Å². The molecule has 124 valence electrons. The van der Waals surface area contributed by atoms with E-state index in [-0.39, 0.29) is 18.3 Å². The van der Waals surface area contributed by atoms with E-state index in [0.29, 0.717) is 11.5 Å². The van der Waals surface area contributed by atoms with Crippen LogP contribution in [-0.2, 0) is 9.59 Å². The molecule has 7 nitrogen and oxygen atoms in total. The topological polar surface area (TPSA) is 89.6 Å². The summed E-state index contributed by atoms with van der Waals surface area (Å²) in [7, 11) is 0. The molecule has 0 aliphatic carbocycles. The Balaban J connectivity index is 1.43. The first-order valence-electron chi connectivity index (χ1n) is 7.22. The van der Waals surface area contributed by atoms with Gasteiger partial charge in [-0.25, -0.2) is 0 Å². The molecule has 1 aromatic carbocycles. The van der Waals surface area contributed by atoms with E-state index in [9.17, 15) is 9.59 Å². The van der Waals surface area contributed by atoms with E-state index in [1.54, 1.807) is 42.7 Å². The molecule has 0 radical (unpaired) electrons. The highest BCUT2D eigenvalue weighted by atomic mass is 32.2. The first kappa shape index (κ1) is 16.1. The third kappa shape index (κ3) is 4.17. The Morgan fingerprint density at radius 1 is 1.12 bits per heavy atom. The average molecular weight is 345 g/mol. The van der Waals surface area contributed by atoms with Gasteiger partial charge in [-0.05, 0) is 24.3 Å². The summed E-state index contributed by atoms with van der Waals surface area (Å²) in [6.07, 6.45) is 2.49. The van der Waals surface area contributed by atoms with Crippen LogP contribution in [-0.4, -0.2) is 35.3 Å². The van der Waals surface area contributed by atoms with Crippen molar-refractivity contribution in [3.8, 4) is 11.5 Å². The lowest BCUT2D eigenvalue weighted by Gasteiger charge is -2.25. The van der Waals surface area contributed by atoms with Gasteiger partial charge in [0.1, 0.15) is 6.61 Å². The SMILES string of the molecule is O=C(CSc1ccncc1)NNC(=O)C1COc2ccccc2O1. The molecule has 0 fully saturated rings. The summed E-state index contributed by atoms with van der Waals surface area (Å²) in [5.74, 6) is 0.492. The highest BCUT2D eigenvalue weighted by molar-refractivity contribution is 8.00. The van der Waals surface area contributed by atoms with Crippen LogP contribution in [0.2, 0.25) is 0 Å². The predicted octanol–water partition coefficient (Wildman–Crippen LogP) is 1.16. The van der Waals surface area contributed by atoms with E-state index in [4.69, 9.17) is 9.47 Å². The van der Waals surface area contributed by atoms with Crippen LogP contribution in [0.3, 0.4) is 0 Å². The average Bonchev–Trinajstić information content (AvgIpc) is 2.65. The number of aromatic nitrogens is 1. The Morgan fingerprint density at radius 2 is 1.88 bits per heavy atom. The van der Waals surface area contributed by atoms with Crippen LogP contribution in [0.15, 0.2) is 53.7 Å². The molecule has 2 heterocycles. The minimum absolute atomic E-state index is 0.0878. The van der Waals surface area contributed by atoms with E-state index in [0.717, 1.165) is 4.90 Å². The Bertz CT molecular complexity index is 726. The second kappa shape index (κ2) is 7.69. The van der Waals surface area contributed by atoms with Crippen molar-refractivity contribution in [1.29, 1.82) is 0 Å². The molecule has 1 unspecified atom stereocenters. The zero-order valence-electron chi connectivity index (χ0n) is 12.6. The number of hydrazine groups is 1. The van der Waals surface area contributed by atoms with E-state index in [2.05, 4.69) is 15.8 Å². The normalized spacial score (nSPS) is 15.4. The maximum absolute atomic E-state index is 12.0. The first-order valence-corrected chi connectivity index (χ1v) is 8.21. The molecular formula is C16H15N3O4S. The second-order valence-corrected chi connectivity index (χ2v) is 5.92. The number of nitrogens with zero attached hydrogens (tertiary/aromatic N) is 1. The molecule has 1 aliphatic heterocycles. The number of carbonyl (C=O) groups is 2. The number of thioether (sulfide) groups is 1. The van der Waals surface area contributed by atoms with E-state index in [1.165, 1.54) is 11.8 Å². The molecule has 0 bridgehead atoms. The Hall–Kier alpha value is -2.74. The number of benzene rings is 1. The number of pyridine rings is 1. The fourth-order valence-corrected chi connectivity index (χ4v) is 2.66. The molecule has 1 aromatic heterocycles. The molecular weight excluding hydrogens is 330 g/mol. The number of para-hydroxylation sites is 2. The molecule has 24 heavy (non-hydrogen) atoms. The lowest BCUT2D eigenvalue weighted by molar-refractivity contribution is -0.134. The van der Waals surface area contributed by atoms with Gasteiger partial charge in [0, 0.05) is 17.3 Å². The van der Waals surface area contributed by atoms with Crippen LogP contribution in [0.4, 0.5) is 0 Å². The largest absolute Gasteiger partial charge is 0.485 e. The van der Waals surface area contributed by atoms with Crippen LogP contribution in [0.25, 0.3) is 0 Å². The number of nitrogens with one attached hydrogen (secondary N) is 2. The summed E-state index contributed by atoms with van der Waals surface area (Å²) < 4.78 is 11.0. The van der Waals surface area contributed by atoms with Gasteiger partial charge in [-0.15, -0.1) is 11.8 Å². The molecule has 1 atom stereocenters. The summed E-state index contributed by atoms with van der Waals surface area (Å²) in [4.78, 5) is 28.6. The maximum Gasteiger partial charge on any atom is 0.283 e. The molecule has 8 heteroatoms. The Kier molecular flexibility index (Phi) is 5.17. The molecule has 2 aromatic rings. The summed E-state index contributed by atoms with van der Waals surface area (Å²) >= 11 is 1.35. The van der Waals surface area contributed by atoms with Gasteiger partial charge >= 0.3 is 0 Å². The number of carbonyl (C=O) groups excluding carboxylic acids is 2. The number of amides is 2. The lowest BCUT2D eigenvalue weighted by atomic mass is 10.2. The van der Waals surface area contributed by atoms with Crippen LogP contribution >= 0.6 is 11.8 Å². The second-order valence-electron chi connectivity index (χ2n) is 4.87. The molecule has 3 rings (SSSR count). The van der Waals surface area contributed by atoms with Crippen LogP contribution in [0.1, 0.15) is 0 Å². The quantitative estimate of drug-likeness (QED) is 0.638. The van der Waals surface area contributed by atoms with Gasteiger partial charge in [-0.3, -0.25) is 25.4 Å². The Labute approximate surface area is 142 Å². The van der Waals surface area contributed by atoms with Crippen molar-refractivity contribution in [2.24, 2.45) is 0 Å². The van der Waals surface area contributed by atoms with Gasteiger partial charge < -0.3 is 9.47 Å². The fourth-order valence-electron chi connectivity index (χ4n) is 1.98. The van der Waals surface area contributed by atoms with Crippen molar-refractivity contribution in [3.63, 3.8) is 0 Å². The molecule has 0 spiro atoms. The molecule has 2 N–H and O–H groups in total. The maximum atomic E-state index is 12.0. The molecule has 0 saturated carbocycles. The highest BCUT2D eigenvalue weighted by Crippen LogP contribution is 2.30. The smallest absolute Gasteiger partial charge is 0.283 e. The summed E-state index contributed by atoms with van der Waals surface area (Å²) in [6.45, 7) is 0.0878. The Morgan fingerprint density at radius 3 is 2.67 bits per heavy atom. The number of fused-ring (bicyclic) bond motifs is 1. The zero-order chi connectivity index (χ0) is 16.8. The fraction of sp³-hybridized carbons (Fsp3) is 0.188. The van der Waals surface area contributed by atoms with E-state index in [1.807, 2.05) is 6.07 Å². The van der Waals surface area contributed by atoms with Gasteiger partial charge in [0.25, 0.3) is 5.91 Å².